The number of nitrogens with zero attached hydrogens (tertiary/aromatic N) is 2. The van der Waals surface area contributed by atoms with Crippen LogP contribution in [0.25, 0.3) is 0 Å². The molecule has 0 aliphatic carbocycles. The second-order valence-electron chi connectivity index (χ2n) is 2.35. The fourth-order valence-electron chi connectivity index (χ4n) is 0.746. The predicted molar refractivity (Wildman–Crippen MR) is 56.1 cm³/mol. The summed E-state index contributed by atoms with van der Waals surface area (Å²) in [6, 6.07) is 0. The summed E-state index contributed by atoms with van der Waals surface area (Å²) in [7, 11) is 0. The van der Waals surface area contributed by atoms with E-state index in [2.05, 4.69) is 14.9 Å². The Labute approximate surface area is 90.0 Å². The average molecular weight is 237 g/mol. The topological polar surface area (TPSA) is 89.1 Å². The molecule has 1 heterocycles. The molecule has 8 heteroatoms. The molecule has 78 valence electrons. The lowest BCUT2D eigenvalue weighted by atomic mass is 10.2. The van der Waals surface area contributed by atoms with E-state index in [0.29, 0.717) is 6.61 Å². The third kappa shape index (κ3) is 2.44. The summed E-state index contributed by atoms with van der Waals surface area (Å²) < 4.78 is 2.68. The number of aliphatic imine (C=N–C) groups is 1. The van der Waals surface area contributed by atoms with Gasteiger partial charge in [0.1, 0.15) is 6.61 Å². The van der Waals surface area contributed by atoms with Crippen LogP contribution >= 0.6 is 23.5 Å². The molecule has 0 saturated carbocycles. The molecule has 1 rings (SSSR count). The van der Waals surface area contributed by atoms with Gasteiger partial charge in [0.05, 0.1) is 5.55 Å². The molecule has 0 aromatic heterocycles. The molecule has 6 nitrogen and oxygen atoms in total. The van der Waals surface area contributed by atoms with E-state index in [1.807, 2.05) is 0 Å². The minimum absolute atomic E-state index is 0.165. The molecular weight excluding hydrogens is 228 g/mol. The second kappa shape index (κ2) is 4.74. The molecule has 0 spiro atoms. The largest absolute Gasteiger partial charge is 0.396 e. The van der Waals surface area contributed by atoms with Crippen LogP contribution in [-0.2, 0) is 9.63 Å². The monoisotopic (exact) mass is 236 g/mol. The van der Waals surface area contributed by atoms with Gasteiger partial charge in [0.25, 0.3) is 5.24 Å². The number of oxime groups is 1. The highest BCUT2D eigenvalue weighted by molar-refractivity contribution is 8.10. The van der Waals surface area contributed by atoms with Crippen LogP contribution in [0.4, 0.5) is 0 Å². The third-order valence-electron chi connectivity index (χ3n) is 1.36. The Morgan fingerprint density at radius 2 is 2.64 bits per heavy atom. The Morgan fingerprint density at radius 1 is 1.93 bits per heavy atom. The van der Waals surface area contributed by atoms with Crippen LogP contribution in [-0.4, -0.2) is 28.9 Å². The zero-order valence-electron chi connectivity index (χ0n) is 7.36. The van der Waals surface area contributed by atoms with Crippen LogP contribution in [0.15, 0.2) is 10.1 Å². The van der Waals surface area contributed by atoms with E-state index in [-0.39, 0.29) is 5.71 Å². The van der Waals surface area contributed by atoms with Crippen molar-refractivity contribution in [2.24, 2.45) is 15.9 Å². The van der Waals surface area contributed by atoms with E-state index in [1.165, 1.54) is 5.55 Å². The highest BCUT2D eigenvalue weighted by atomic mass is 35.5. The lowest BCUT2D eigenvalue weighted by Gasteiger charge is -2.18. The van der Waals surface area contributed by atoms with Gasteiger partial charge in [0.2, 0.25) is 5.79 Å². The smallest absolute Gasteiger partial charge is 0.275 e. The Balaban J connectivity index is 2.87. The third-order valence-corrected chi connectivity index (χ3v) is 2.17. The number of halogens is 1. The molecule has 1 unspecified atom stereocenters. The number of carbonyl (C=O) groups is 1. The summed E-state index contributed by atoms with van der Waals surface area (Å²) in [6.07, 6.45) is 0. The van der Waals surface area contributed by atoms with Gasteiger partial charge < -0.3 is 4.84 Å². The summed E-state index contributed by atoms with van der Waals surface area (Å²) in [5, 5.41) is 2.72. The van der Waals surface area contributed by atoms with Gasteiger partial charge in [0.15, 0.2) is 5.71 Å². The van der Waals surface area contributed by atoms with Crippen molar-refractivity contribution in [3.8, 4) is 0 Å². The maximum absolute atomic E-state index is 11.0. The first-order valence-corrected chi connectivity index (χ1v) is 5.01. The van der Waals surface area contributed by atoms with Gasteiger partial charge in [-0.25, -0.2) is 9.71 Å². The summed E-state index contributed by atoms with van der Waals surface area (Å²) in [4.78, 5) is 19.5. The zero-order valence-corrected chi connectivity index (χ0v) is 8.93. The normalized spacial score (nSPS) is 26.6. The number of nitrogens with two attached hydrogens (primary N) is 1. The van der Waals surface area contributed by atoms with Gasteiger partial charge in [-0.2, -0.15) is 0 Å². The fourth-order valence-corrected chi connectivity index (χ4v) is 1.53. The number of hydrogen-bond donors (Lipinski definition) is 2. The van der Waals surface area contributed by atoms with Crippen molar-refractivity contribution >= 4 is 40.0 Å². The van der Waals surface area contributed by atoms with Crippen molar-refractivity contribution in [3.05, 3.63) is 0 Å². The lowest BCUT2D eigenvalue weighted by molar-refractivity contribution is -0.106. The second-order valence-corrected chi connectivity index (χ2v) is 3.35. The molecule has 0 radical (unpaired) electrons. The van der Waals surface area contributed by atoms with Crippen molar-refractivity contribution in [2.45, 2.75) is 12.7 Å². The Morgan fingerprint density at radius 3 is 3.07 bits per heavy atom. The van der Waals surface area contributed by atoms with Crippen molar-refractivity contribution in [1.82, 2.24) is 4.72 Å². The van der Waals surface area contributed by atoms with Crippen molar-refractivity contribution < 1.29 is 9.63 Å². The maximum atomic E-state index is 11.0. The minimum Gasteiger partial charge on any atom is -0.396 e. The molecule has 0 aromatic rings. The Hall–Kier alpha value is -0.630. The number of nitrogens with one attached hydrogen (secondary N) is 1. The summed E-state index contributed by atoms with van der Waals surface area (Å²) in [5.41, 5.74) is 6.99. The van der Waals surface area contributed by atoms with Crippen LogP contribution < -0.4 is 10.5 Å². The van der Waals surface area contributed by atoms with E-state index in [4.69, 9.17) is 22.2 Å². The van der Waals surface area contributed by atoms with Crippen LogP contribution in [0.5, 0.6) is 0 Å². The van der Waals surface area contributed by atoms with Crippen LogP contribution in [0.3, 0.4) is 0 Å². The maximum Gasteiger partial charge on any atom is 0.275 e. The quantitative estimate of drug-likeness (QED) is 0.311. The summed E-state index contributed by atoms with van der Waals surface area (Å²) >= 11 is 6.44. The zero-order chi connectivity index (χ0) is 10.6. The van der Waals surface area contributed by atoms with Gasteiger partial charge in [-0.05, 0) is 30.5 Å². The molecule has 3 N–H and O–H groups in total. The van der Waals surface area contributed by atoms with E-state index in [0.717, 1.165) is 11.9 Å². The van der Waals surface area contributed by atoms with Gasteiger partial charge in [-0.3, -0.25) is 10.5 Å². The first-order chi connectivity index (χ1) is 6.60. The summed E-state index contributed by atoms with van der Waals surface area (Å²) in [5.74, 6) is -1.39. The molecule has 14 heavy (non-hydrogen) atoms. The SMILES string of the molecule is CCO/N=C(\C(=O)Cl)C1(N)N=CSN1. The van der Waals surface area contributed by atoms with Gasteiger partial charge >= 0.3 is 0 Å². The van der Waals surface area contributed by atoms with Crippen molar-refractivity contribution in [2.75, 3.05) is 6.61 Å². The molecule has 0 aromatic carbocycles. The molecule has 0 fully saturated rings. The molecule has 1 atom stereocenters. The number of hydrogen-bond acceptors (Lipinski definition) is 7. The van der Waals surface area contributed by atoms with Gasteiger partial charge in [-0.15, -0.1) is 0 Å². The van der Waals surface area contributed by atoms with Gasteiger partial charge in [0, 0.05) is 0 Å². The predicted octanol–water partition coefficient (Wildman–Crippen LogP) is 0.0365. The molecule has 1 aliphatic rings. The molecule has 0 amide bonds. The first-order valence-electron chi connectivity index (χ1n) is 3.76. The highest BCUT2D eigenvalue weighted by Gasteiger charge is 2.38. The van der Waals surface area contributed by atoms with E-state index >= 15 is 0 Å². The molecule has 0 bridgehead atoms. The van der Waals surface area contributed by atoms with E-state index in [1.54, 1.807) is 6.92 Å². The standard InChI is InChI=1S/C6H9ClN4O2S/c1-2-13-10-4(5(7)12)6(8)9-3-14-11-6/h3,11H,2,8H2,1H3/b10-4+. The molecular formula is C6H9ClN4O2S. The highest BCUT2D eigenvalue weighted by Crippen LogP contribution is 2.15. The molecule has 1 aliphatic heterocycles. The van der Waals surface area contributed by atoms with Crippen LogP contribution in [0.2, 0.25) is 0 Å². The Kier molecular flexibility index (Phi) is 3.87. The van der Waals surface area contributed by atoms with E-state index < -0.39 is 11.0 Å². The minimum atomic E-state index is -1.39. The Bertz CT molecular complexity index is 296. The van der Waals surface area contributed by atoms with Crippen LogP contribution in [0, 0.1) is 0 Å². The summed E-state index contributed by atoms with van der Waals surface area (Å²) in [6.45, 7) is 2.05. The number of rotatable bonds is 4. The van der Waals surface area contributed by atoms with E-state index in [9.17, 15) is 4.79 Å². The van der Waals surface area contributed by atoms with Crippen molar-refractivity contribution in [3.63, 3.8) is 0 Å². The lowest BCUT2D eigenvalue weighted by Crippen LogP contribution is -2.55. The molecule has 0 saturated heterocycles. The van der Waals surface area contributed by atoms with Gasteiger partial charge in [-0.1, -0.05) is 5.16 Å². The number of carbonyl (C=O) groups excluding carboxylic acids is 1. The first kappa shape index (κ1) is 11.4. The van der Waals surface area contributed by atoms with Crippen LogP contribution in [0.1, 0.15) is 6.92 Å². The van der Waals surface area contributed by atoms with Crippen molar-refractivity contribution in [1.29, 1.82) is 0 Å². The fraction of sp³-hybridized carbons (Fsp3) is 0.500. The average Bonchev–Trinajstić information content (AvgIpc) is 2.53.